The van der Waals surface area contributed by atoms with Crippen LogP contribution < -0.4 is 5.32 Å². The van der Waals surface area contributed by atoms with Gasteiger partial charge >= 0.3 is 0 Å². The first-order valence-corrected chi connectivity index (χ1v) is 8.41. The highest BCUT2D eigenvalue weighted by Gasteiger charge is 2.27. The van der Waals surface area contributed by atoms with E-state index in [1.165, 1.54) is 5.56 Å². The summed E-state index contributed by atoms with van der Waals surface area (Å²) in [6.45, 7) is 2.07. The summed E-state index contributed by atoms with van der Waals surface area (Å²) >= 11 is 0. The molecular weight excluding hydrogens is 250 g/mol. The van der Waals surface area contributed by atoms with Gasteiger partial charge in [-0.05, 0) is 31.4 Å². The molecule has 2 aliphatic rings. The molecule has 18 heavy (non-hydrogen) atoms. The molecule has 0 spiro atoms. The molecule has 2 unspecified atom stereocenters. The van der Waals surface area contributed by atoms with Gasteiger partial charge in [-0.15, -0.1) is 0 Å². The Morgan fingerprint density at radius 1 is 1.39 bits per heavy atom. The van der Waals surface area contributed by atoms with Crippen LogP contribution >= 0.6 is 0 Å². The Bertz CT molecular complexity index is 517. The van der Waals surface area contributed by atoms with Crippen molar-refractivity contribution in [2.45, 2.75) is 31.2 Å². The number of nitrogens with one attached hydrogen (secondary N) is 1. The van der Waals surface area contributed by atoms with E-state index in [0.29, 0.717) is 11.7 Å². The molecule has 2 aliphatic heterocycles. The third kappa shape index (κ3) is 2.44. The molecule has 2 fully saturated rings. The van der Waals surface area contributed by atoms with Crippen LogP contribution in [0.25, 0.3) is 0 Å². The first-order valence-electron chi connectivity index (χ1n) is 6.59. The standard InChI is InChI=1S/C12H19N3O2S/c16-18(17)5-1-2-12(9-18)15-8-11(7-14-15)10-3-4-13-6-10/h7-8,10,12-13H,1-6,9H2. The van der Waals surface area contributed by atoms with Crippen molar-refractivity contribution < 1.29 is 8.42 Å². The molecule has 0 amide bonds. The Morgan fingerprint density at radius 3 is 3.00 bits per heavy atom. The summed E-state index contributed by atoms with van der Waals surface area (Å²) in [5.74, 6) is 1.13. The predicted octanol–water partition coefficient (Wildman–Crippen LogP) is 0.710. The molecule has 100 valence electrons. The summed E-state index contributed by atoms with van der Waals surface area (Å²) in [5.41, 5.74) is 1.24. The predicted molar refractivity (Wildman–Crippen MR) is 69.4 cm³/mol. The van der Waals surface area contributed by atoms with Crippen LogP contribution in [-0.2, 0) is 9.84 Å². The number of sulfone groups is 1. The van der Waals surface area contributed by atoms with Crippen LogP contribution in [0.4, 0.5) is 0 Å². The lowest BCUT2D eigenvalue weighted by Gasteiger charge is -2.22. The number of rotatable bonds is 2. The van der Waals surface area contributed by atoms with Gasteiger partial charge in [0.2, 0.25) is 0 Å². The van der Waals surface area contributed by atoms with Gasteiger partial charge in [0.15, 0.2) is 9.84 Å². The van der Waals surface area contributed by atoms with Gasteiger partial charge in [-0.3, -0.25) is 4.68 Å². The Kier molecular flexibility index (Phi) is 3.15. The van der Waals surface area contributed by atoms with E-state index in [-0.39, 0.29) is 11.8 Å². The minimum Gasteiger partial charge on any atom is -0.316 e. The van der Waals surface area contributed by atoms with E-state index in [1.54, 1.807) is 0 Å². The highest BCUT2D eigenvalue weighted by Crippen LogP contribution is 2.26. The zero-order chi connectivity index (χ0) is 12.6. The zero-order valence-electron chi connectivity index (χ0n) is 10.4. The normalized spacial score (nSPS) is 31.6. The summed E-state index contributed by atoms with van der Waals surface area (Å²) in [5, 5.41) is 7.71. The van der Waals surface area contributed by atoms with Crippen LogP contribution in [0.1, 0.15) is 36.8 Å². The molecule has 0 bridgehead atoms. The molecule has 2 saturated heterocycles. The summed E-state index contributed by atoms with van der Waals surface area (Å²) in [4.78, 5) is 0. The molecule has 0 saturated carbocycles. The van der Waals surface area contributed by atoms with Crippen LogP contribution in [0, 0.1) is 0 Å². The Morgan fingerprint density at radius 2 is 2.28 bits per heavy atom. The highest BCUT2D eigenvalue weighted by molar-refractivity contribution is 7.91. The number of aromatic nitrogens is 2. The van der Waals surface area contributed by atoms with Crippen molar-refractivity contribution in [2.24, 2.45) is 0 Å². The molecule has 2 atom stereocenters. The molecule has 3 heterocycles. The minimum absolute atomic E-state index is 0.0341. The SMILES string of the molecule is O=S1(=O)CCCC(n2cc(C3CCNC3)cn2)C1. The second-order valence-corrected chi connectivity index (χ2v) is 7.58. The fourth-order valence-electron chi connectivity index (χ4n) is 2.91. The first kappa shape index (κ1) is 12.2. The summed E-state index contributed by atoms with van der Waals surface area (Å²) in [6, 6.07) is 0.0341. The summed E-state index contributed by atoms with van der Waals surface area (Å²) in [6.07, 6.45) is 6.77. The van der Waals surface area contributed by atoms with Crippen LogP contribution in [0.3, 0.4) is 0 Å². The second kappa shape index (κ2) is 4.66. The quantitative estimate of drug-likeness (QED) is 0.859. The van der Waals surface area contributed by atoms with Crippen LogP contribution in [-0.4, -0.2) is 42.8 Å². The van der Waals surface area contributed by atoms with Crippen molar-refractivity contribution in [1.82, 2.24) is 15.1 Å². The molecule has 0 aromatic carbocycles. The Hall–Kier alpha value is -0.880. The molecule has 0 aliphatic carbocycles. The highest BCUT2D eigenvalue weighted by atomic mass is 32.2. The zero-order valence-corrected chi connectivity index (χ0v) is 11.2. The van der Waals surface area contributed by atoms with Crippen molar-refractivity contribution in [1.29, 1.82) is 0 Å². The van der Waals surface area contributed by atoms with Crippen molar-refractivity contribution >= 4 is 9.84 Å². The monoisotopic (exact) mass is 269 g/mol. The molecule has 6 heteroatoms. The van der Waals surface area contributed by atoms with Gasteiger partial charge < -0.3 is 5.32 Å². The average Bonchev–Trinajstić information content (AvgIpc) is 2.99. The van der Waals surface area contributed by atoms with E-state index in [9.17, 15) is 8.42 Å². The Balaban J connectivity index is 1.76. The fourth-order valence-corrected chi connectivity index (χ4v) is 4.59. The van der Waals surface area contributed by atoms with Crippen LogP contribution in [0.15, 0.2) is 12.4 Å². The molecule has 1 aromatic rings. The third-order valence-electron chi connectivity index (χ3n) is 3.97. The molecule has 3 rings (SSSR count). The van der Waals surface area contributed by atoms with E-state index < -0.39 is 9.84 Å². The fraction of sp³-hybridized carbons (Fsp3) is 0.750. The maximum Gasteiger partial charge on any atom is 0.152 e. The van der Waals surface area contributed by atoms with Gasteiger partial charge in [-0.2, -0.15) is 5.10 Å². The number of hydrogen-bond donors (Lipinski definition) is 1. The van der Waals surface area contributed by atoms with Crippen LogP contribution in [0.2, 0.25) is 0 Å². The van der Waals surface area contributed by atoms with Gasteiger partial charge in [0.1, 0.15) is 0 Å². The first-order chi connectivity index (χ1) is 8.64. The smallest absolute Gasteiger partial charge is 0.152 e. The lowest BCUT2D eigenvalue weighted by atomic mass is 10.0. The van der Waals surface area contributed by atoms with E-state index in [0.717, 1.165) is 32.4 Å². The lowest BCUT2D eigenvalue weighted by molar-refractivity contribution is 0.434. The molecular formula is C12H19N3O2S. The Labute approximate surface area is 107 Å². The van der Waals surface area contributed by atoms with Gasteiger partial charge in [0.05, 0.1) is 23.7 Å². The van der Waals surface area contributed by atoms with Crippen molar-refractivity contribution in [3.63, 3.8) is 0 Å². The van der Waals surface area contributed by atoms with Gasteiger partial charge in [-0.25, -0.2) is 8.42 Å². The molecule has 1 N–H and O–H groups in total. The van der Waals surface area contributed by atoms with E-state index in [1.807, 2.05) is 17.1 Å². The maximum atomic E-state index is 11.6. The molecule has 1 aromatic heterocycles. The molecule has 0 radical (unpaired) electrons. The number of nitrogens with zero attached hydrogens (tertiary/aromatic N) is 2. The third-order valence-corrected chi connectivity index (χ3v) is 5.77. The lowest BCUT2D eigenvalue weighted by Crippen LogP contribution is -2.27. The van der Waals surface area contributed by atoms with Gasteiger partial charge in [0, 0.05) is 18.7 Å². The summed E-state index contributed by atoms with van der Waals surface area (Å²) in [7, 11) is -2.86. The van der Waals surface area contributed by atoms with Gasteiger partial charge in [0.25, 0.3) is 0 Å². The van der Waals surface area contributed by atoms with Crippen LogP contribution in [0.5, 0.6) is 0 Å². The van der Waals surface area contributed by atoms with Crippen molar-refractivity contribution in [3.05, 3.63) is 18.0 Å². The number of hydrogen-bond acceptors (Lipinski definition) is 4. The second-order valence-electron chi connectivity index (χ2n) is 5.35. The minimum atomic E-state index is -2.86. The van der Waals surface area contributed by atoms with E-state index in [4.69, 9.17) is 0 Å². The van der Waals surface area contributed by atoms with Gasteiger partial charge in [-0.1, -0.05) is 0 Å². The van der Waals surface area contributed by atoms with Crippen molar-refractivity contribution in [2.75, 3.05) is 24.6 Å². The average molecular weight is 269 g/mol. The van der Waals surface area contributed by atoms with Crippen molar-refractivity contribution in [3.8, 4) is 0 Å². The molecule has 5 nitrogen and oxygen atoms in total. The maximum absolute atomic E-state index is 11.6. The summed E-state index contributed by atoms with van der Waals surface area (Å²) < 4.78 is 25.2. The topological polar surface area (TPSA) is 64.0 Å². The van der Waals surface area contributed by atoms with E-state index >= 15 is 0 Å². The largest absolute Gasteiger partial charge is 0.316 e. The van der Waals surface area contributed by atoms with E-state index in [2.05, 4.69) is 10.4 Å².